The number of piperidine rings is 1. The molecule has 1 aliphatic heterocycles. The van der Waals surface area contributed by atoms with E-state index in [2.05, 4.69) is 19.2 Å². The lowest BCUT2D eigenvalue weighted by molar-refractivity contribution is 0.0980. The predicted octanol–water partition coefficient (Wildman–Crippen LogP) is 2.23. The average molecular weight is 198 g/mol. The number of rotatable bonds is 2. The molecule has 3 heteroatoms. The zero-order chi connectivity index (χ0) is 10.6. The fraction of sp³-hybridized carbons (Fsp3) is 0.909. The topological polar surface area (TPSA) is 32.3 Å². The van der Waals surface area contributed by atoms with E-state index in [1.165, 1.54) is 19.3 Å². The van der Waals surface area contributed by atoms with Gasteiger partial charge in [-0.25, -0.2) is 4.79 Å². The highest BCUT2D eigenvalue weighted by molar-refractivity contribution is 5.73. The Kier molecular flexibility index (Phi) is 3.78. The minimum Gasteiger partial charge on any atom is -0.341 e. The van der Waals surface area contributed by atoms with Crippen LogP contribution in [0.5, 0.6) is 0 Å². The summed E-state index contributed by atoms with van der Waals surface area (Å²) in [5, 5.41) is 2.71. The van der Waals surface area contributed by atoms with Crippen LogP contribution in [0.4, 0.5) is 4.79 Å². The molecule has 0 aromatic carbocycles. The molecule has 82 valence electrons. The van der Waals surface area contributed by atoms with Gasteiger partial charge in [0.25, 0.3) is 0 Å². The van der Waals surface area contributed by atoms with Gasteiger partial charge in [-0.15, -0.1) is 0 Å². The Bertz CT molecular complexity index is 199. The van der Waals surface area contributed by atoms with Crippen LogP contribution in [-0.2, 0) is 0 Å². The Labute approximate surface area is 86.9 Å². The van der Waals surface area contributed by atoms with E-state index in [0.29, 0.717) is 5.41 Å². The lowest BCUT2D eigenvalue weighted by Crippen LogP contribution is -2.48. The number of urea groups is 1. The molecule has 2 amide bonds. The van der Waals surface area contributed by atoms with E-state index >= 15 is 0 Å². The molecule has 1 heterocycles. The summed E-state index contributed by atoms with van der Waals surface area (Å²) in [6.45, 7) is 6.31. The Morgan fingerprint density at radius 3 is 2.57 bits per heavy atom. The summed E-state index contributed by atoms with van der Waals surface area (Å²) in [5.41, 5.74) is 0.380. The van der Waals surface area contributed by atoms with Gasteiger partial charge in [0.2, 0.25) is 0 Å². The van der Waals surface area contributed by atoms with E-state index in [1.807, 2.05) is 4.90 Å². The monoisotopic (exact) mass is 198 g/mol. The molecule has 1 fully saturated rings. The lowest BCUT2D eigenvalue weighted by Gasteiger charge is -2.41. The second-order valence-corrected chi connectivity index (χ2v) is 4.29. The van der Waals surface area contributed by atoms with Gasteiger partial charge in [-0.05, 0) is 31.1 Å². The molecule has 14 heavy (non-hydrogen) atoms. The summed E-state index contributed by atoms with van der Waals surface area (Å²) < 4.78 is 0. The Hall–Kier alpha value is -0.730. The molecule has 0 aliphatic carbocycles. The maximum absolute atomic E-state index is 11.5. The van der Waals surface area contributed by atoms with Crippen LogP contribution in [-0.4, -0.2) is 31.1 Å². The Balaban J connectivity index is 2.62. The quantitative estimate of drug-likeness (QED) is 0.725. The molecule has 1 rings (SSSR count). The summed E-state index contributed by atoms with van der Waals surface area (Å²) in [5.74, 6) is 0. The van der Waals surface area contributed by atoms with Crippen molar-refractivity contribution >= 4 is 6.03 Å². The molecular weight excluding hydrogens is 176 g/mol. The van der Waals surface area contributed by atoms with Gasteiger partial charge in [0.1, 0.15) is 0 Å². The van der Waals surface area contributed by atoms with Crippen molar-refractivity contribution in [2.75, 3.05) is 20.1 Å². The molecule has 0 radical (unpaired) electrons. The lowest BCUT2D eigenvalue weighted by atomic mass is 9.75. The van der Waals surface area contributed by atoms with Gasteiger partial charge >= 0.3 is 6.03 Å². The van der Waals surface area contributed by atoms with Crippen molar-refractivity contribution in [3.63, 3.8) is 0 Å². The fourth-order valence-electron chi connectivity index (χ4n) is 2.37. The van der Waals surface area contributed by atoms with Gasteiger partial charge in [0, 0.05) is 20.1 Å². The molecule has 3 nitrogen and oxygen atoms in total. The SMILES string of the molecule is CCC1(CC)CCCN(C(=O)NC)C1. The van der Waals surface area contributed by atoms with Crippen LogP contribution < -0.4 is 5.32 Å². The molecule has 1 N–H and O–H groups in total. The first-order chi connectivity index (χ1) is 6.67. The number of likely N-dealkylation sites (tertiary alicyclic amines) is 1. The van der Waals surface area contributed by atoms with Crippen molar-refractivity contribution in [1.82, 2.24) is 10.2 Å². The van der Waals surface area contributed by atoms with Crippen molar-refractivity contribution < 1.29 is 4.79 Å². The van der Waals surface area contributed by atoms with Crippen LogP contribution in [0.3, 0.4) is 0 Å². The van der Waals surface area contributed by atoms with Crippen molar-refractivity contribution in [3.05, 3.63) is 0 Å². The molecule has 0 aromatic heterocycles. The minimum absolute atomic E-state index is 0.0796. The first-order valence-electron chi connectivity index (χ1n) is 5.64. The average Bonchev–Trinajstić information content (AvgIpc) is 2.28. The molecule has 0 aromatic rings. The Morgan fingerprint density at radius 1 is 1.43 bits per heavy atom. The van der Waals surface area contributed by atoms with E-state index in [-0.39, 0.29) is 6.03 Å². The summed E-state index contributed by atoms with van der Waals surface area (Å²) in [7, 11) is 1.70. The minimum atomic E-state index is 0.0796. The first kappa shape index (κ1) is 11.3. The molecule has 0 atom stereocenters. The number of carbonyl (C=O) groups excluding carboxylic acids is 1. The van der Waals surface area contributed by atoms with Crippen molar-refractivity contribution in [2.45, 2.75) is 39.5 Å². The predicted molar refractivity (Wildman–Crippen MR) is 58.3 cm³/mol. The van der Waals surface area contributed by atoms with Crippen molar-refractivity contribution in [1.29, 1.82) is 0 Å². The third-order valence-electron chi connectivity index (χ3n) is 3.66. The smallest absolute Gasteiger partial charge is 0.317 e. The van der Waals surface area contributed by atoms with Gasteiger partial charge in [0.05, 0.1) is 0 Å². The number of hydrogen-bond acceptors (Lipinski definition) is 1. The zero-order valence-corrected chi connectivity index (χ0v) is 9.60. The summed E-state index contributed by atoms with van der Waals surface area (Å²) in [6.07, 6.45) is 4.77. The maximum atomic E-state index is 11.5. The molecular formula is C11H22N2O. The number of hydrogen-bond donors (Lipinski definition) is 1. The van der Waals surface area contributed by atoms with Crippen LogP contribution in [0.1, 0.15) is 39.5 Å². The second-order valence-electron chi connectivity index (χ2n) is 4.29. The van der Waals surface area contributed by atoms with E-state index in [1.54, 1.807) is 7.05 Å². The van der Waals surface area contributed by atoms with Crippen LogP contribution in [0.2, 0.25) is 0 Å². The molecule has 0 saturated carbocycles. The third kappa shape index (κ3) is 2.20. The first-order valence-corrected chi connectivity index (χ1v) is 5.64. The molecule has 0 spiro atoms. The highest BCUT2D eigenvalue weighted by atomic mass is 16.2. The Morgan fingerprint density at radius 2 is 2.07 bits per heavy atom. The van der Waals surface area contributed by atoms with Crippen LogP contribution in [0.25, 0.3) is 0 Å². The van der Waals surface area contributed by atoms with Crippen LogP contribution in [0.15, 0.2) is 0 Å². The third-order valence-corrected chi connectivity index (χ3v) is 3.66. The van der Waals surface area contributed by atoms with E-state index in [0.717, 1.165) is 19.5 Å². The number of nitrogens with zero attached hydrogens (tertiary/aromatic N) is 1. The van der Waals surface area contributed by atoms with Gasteiger partial charge in [0.15, 0.2) is 0 Å². The van der Waals surface area contributed by atoms with E-state index in [9.17, 15) is 4.79 Å². The normalized spacial score (nSPS) is 20.6. The summed E-state index contributed by atoms with van der Waals surface area (Å²) in [6, 6.07) is 0.0796. The summed E-state index contributed by atoms with van der Waals surface area (Å²) >= 11 is 0. The van der Waals surface area contributed by atoms with Gasteiger partial charge in [-0.2, -0.15) is 0 Å². The summed E-state index contributed by atoms with van der Waals surface area (Å²) in [4.78, 5) is 13.5. The molecule has 1 aliphatic rings. The van der Waals surface area contributed by atoms with Gasteiger partial charge < -0.3 is 10.2 Å². The molecule has 0 unspecified atom stereocenters. The fourth-order valence-corrected chi connectivity index (χ4v) is 2.37. The molecule has 0 bridgehead atoms. The highest BCUT2D eigenvalue weighted by Crippen LogP contribution is 2.36. The van der Waals surface area contributed by atoms with Crippen molar-refractivity contribution in [2.24, 2.45) is 5.41 Å². The van der Waals surface area contributed by atoms with Crippen LogP contribution in [0, 0.1) is 5.41 Å². The van der Waals surface area contributed by atoms with E-state index in [4.69, 9.17) is 0 Å². The van der Waals surface area contributed by atoms with Crippen LogP contribution >= 0.6 is 0 Å². The van der Waals surface area contributed by atoms with Crippen molar-refractivity contribution in [3.8, 4) is 0 Å². The zero-order valence-electron chi connectivity index (χ0n) is 9.60. The standard InChI is InChI=1S/C11H22N2O/c1-4-11(5-2)7-6-8-13(9-11)10(14)12-3/h4-9H2,1-3H3,(H,12,14). The van der Waals surface area contributed by atoms with E-state index < -0.39 is 0 Å². The maximum Gasteiger partial charge on any atom is 0.317 e. The largest absolute Gasteiger partial charge is 0.341 e. The second kappa shape index (κ2) is 4.67. The number of nitrogens with one attached hydrogen (secondary N) is 1. The molecule has 1 saturated heterocycles. The highest BCUT2D eigenvalue weighted by Gasteiger charge is 2.33. The number of carbonyl (C=O) groups is 1. The van der Waals surface area contributed by atoms with Gasteiger partial charge in [-0.3, -0.25) is 0 Å². The van der Waals surface area contributed by atoms with Gasteiger partial charge in [-0.1, -0.05) is 13.8 Å². The number of amides is 2.